The van der Waals surface area contributed by atoms with E-state index in [2.05, 4.69) is 65.9 Å². The fourth-order valence-corrected chi connectivity index (χ4v) is 15.4. The first-order valence-electron chi connectivity index (χ1n) is 41.6. The molecule has 8 aromatic heterocycles. The number of anilines is 3. The third-order valence-corrected chi connectivity index (χ3v) is 23.9. The number of benzene rings is 2. The molecule has 132 heavy (non-hydrogen) atoms. The summed E-state index contributed by atoms with van der Waals surface area (Å²) in [6.45, 7) is 7.38. The van der Waals surface area contributed by atoms with Gasteiger partial charge in [-0.25, -0.2) is 47.0 Å². The standard InChI is InChI=1S/C22H25N5O4S.C16H18ClN3O2.C13H14ClN3O2.C12H14ClNO3.C7H11BrO2.C6H8N2O2S.C5H4ClNO.C3H7BO2.CH2O3.CH4.2K.H/c23-32(28,29)19-5-1-16(2-6-19)25-21-13-18(7-10-24-21)31-20-14-27(17-3-4-17)26-22(20)15-8-11-30-12-9-15;17-15-9-13(3-6-18-15)22-14-10-20(12-1-2-12)19-16(14)11-4-7-21-8-5-11;14-12-7-10(1-4-15-12)19-11-8-16-17-13(11)9-2-5-18-6-3-9;13-12-7-10(1-4-14-12)17-8-11(15)9-2-5-16-6-3-9;8-5-7(9)6-1-3-10-4-2-6;7-5-1-3-6(4-2-5)11(8,9)10;6-5-3-4(8)1-2-7-5;5-4(6)3-1-2-3;2-1-4-3;;;;/h1-2,5-7,10,13-15,17H,3-4,8-9,11-12H2,(H,24,25)(H2,23,28,29);3,6,9-12H,1-2,4-5,7-8H2;1,4,7-9H,2-3,5-6H2,(H,16,17);1,4,7,9H,2-3,5-6,8H2;6H,1-5H2;1-4H,7H2,(H2,8,9,10);1-3H,(H,7,8);3,5-6H,1-2H2;1,3H;1H4;;;/q;;;;;;;;;;2*+1;-1/p-1. The van der Waals surface area contributed by atoms with Crippen LogP contribution in [0, 0.1) is 11.8 Å². The first-order chi connectivity index (χ1) is 62.2. The van der Waals surface area contributed by atoms with Crippen molar-refractivity contribution in [2.24, 2.45) is 22.1 Å². The van der Waals surface area contributed by atoms with E-state index in [1.807, 2.05) is 23.1 Å². The van der Waals surface area contributed by atoms with E-state index >= 15 is 0 Å². The van der Waals surface area contributed by atoms with E-state index in [0.717, 1.165) is 177 Å². The minimum absolute atomic E-state index is 0. The van der Waals surface area contributed by atoms with Crippen LogP contribution < -0.4 is 154 Å². The maximum atomic E-state index is 11.8. The molecule has 0 unspecified atom stereocenters. The molecule has 5 aliphatic heterocycles. The molecule has 0 atom stereocenters. The van der Waals surface area contributed by atoms with Crippen molar-refractivity contribution >= 4 is 125 Å². The van der Waals surface area contributed by atoms with Crippen LogP contribution >= 0.6 is 62.3 Å². The first-order valence-corrected chi connectivity index (χ1v) is 47.3. The monoisotopic (exact) mass is 2060 g/mol. The van der Waals surface area contributed by atoms with Gasteiger partial charge in [0.1, 0.15) is 73.2 Å². The number of halogens is 5. The van der Waals surface area contributed by atoms with Gasteiger partial charge in [0.15, 0.2) is 28.5 Å². The van der Waals surface area contributed by atoms with Crippen molar-refractivity contribution in [3.05, 3.63) is 207 Å². The van der Waals surface area contributed by atoms with Crippen molar-refractivity contribution in [2.45, 2.75) is 156 Å². The van der Waals surface area contributed by atoms with Gasteiger partial charge in [-0.15, -0.1) is 0 Å². The molecule has 0 amide bonds. The van der Waals surface area contributed by atoms with Crippen molar-refractivity contribution in [2.75, 3.05) is 89.1 Å². The normalized spacial score (nSPS) is 16.1. The molecule has 13 heterocycles. The summed E-state index contributed by atoms with van der Waals surface area (Å²) in [7, 11) is -8.34. The number of alkyl halides is 1. The van der Waals surface area contributed by atoms with Crippen LogP contribution in [-0.2, 0) is 63.0 Å². The Balaban J connectivity index is 0.000000242. The number of hydrogen-bond donors (Lipinski definition) is 8. The fourth-order valence-electron chi connectivity index (χ4n) is 13.2. The zero-order chi connectivity index (χ0) is 92.1. The maximum absolute atomic E-state index is 11.8. The maximum Gasteiger partial charge on any atom is 1.00 e. The van der Waals surface area contributed by atoms with Crippen LogP contribution in [0.5, 0.6) is 40.2 Å². The number of carbonyl (C=O) groups excluding carboxylic acids is 3. The number of aromatic amines is 2. The summed E-state index contributed by atoms with van der Waals surface area (Å²) in [5.41, 5.74) is 9.52. The molecular formula is C86H107BBrCl4K2N15O21S2. The summed E-state index contributed by atoms with van der Waals surface area (Å²) < 4.78 is 98.5. The smallest absolute Gasteiger partial charge is 1.00 e. The number of H-pyrrole nitrogens is 2. The van der Waals surface area contributed by atoms with E-state index in [1.165, 1.54) is 67.6 Å². The number of nitrogens with two attached hydrogens (primary N) is 3. The molecule has 8 fully saturated rings. The van der Waals surface area contributed by atoms with Crippen LogP contribution in [0.25, 0.3) is 0 Å². The SMILES string of the molecule is C.Clc1cc(Oc2cn(C3CC3)nc2C2CCOCC2)ccn1.Clc1cc(Oc2cn[nH]c2C2CCOCC2)ccn1.NS(=O)(=O)c1ccc(Nc2cc(Oc3cn(C4CC4)nc3C3CCOCC3)ccn2)cc1.Nc1ccc(S(N)(=O)=O)cc1.O=C(CBr)C1CCOCC1.O=C(COc1ccnc(Cl)c1)C1CCOCC1.O=CO[O-].O=c1cc[nH]c(Cl)c1.OB(O)C1CC1.[H-].[K+].[K+]. The van der Waals surface area contributed by atoms with E-state index in [9.17, 15) is 31.2 Å². The number of Topliss-reactive ketones (excluding diaryl/α,β-unsaturated/α-hetero) is 2. The summed E-state index contributed by atoms with van der Waals surface area (Å²) in [6.07, 6.45) is 29.6. The van der Waals surface area contributed by atoms with E-state index in [0.29, 0.717) is 115 Å². The Labute approximate surface area is 881 Å². The molecule has 3 saturated carbocycles. The Morgan fingerprint density at radius 3 is 1.35 bits per heavy atom. The molecule has 18 rings (SSSR count). The zero-order valence-electron chi connectivity index (χ0n) is 73.2. The summed E-state index contributed by atoms with van der Waals surface area (Å²) >= 11 is 26.0. The van der Waals surface area contributed by atoms with Gasteiger partial charge in [0, 0.05) is 174 Å². The minimum Gasteiger partial charge on any atom is -1.00 e. The summed E-state index contributed by atoms with van der Waals surface area (Å²) in [4.78, 5) is 63.4. The van der Waals surface area contributed by atoms with Crippen LogP contribution in [0.15, 0.2) is 173 Å². The van der Waals surface area contributed by atoms with E-state index in [-0.39, 0.29) is 163 Å². The van der Waals surface area contributed by atoms with Gasteiger partial charge in [0.25, 0.3) is 6.47 Å². The molecule has 46 heteroatoms. The number of nitrogen functional groups attached to an aromatic ring is 1. The van der Waals surface area contributed by atoms with Crippen molar-refractivity contribution in [1.29, 1.82) is 0 Å². The Hall–Kier alpha value is -6.29. The van der Waals surface area contributed by atoms with Crippen molar-refractivity contribution in [1.82, 2.24) is 54.7 Å². The van der Waals surface area contributed by atoms with Crippen molar-refractivity contribution in [3.8, 4) is 40.2 Å². The molecule has 36 nitrogen and oxygen atoms in total. The minimum atomic E-state index is -3.73. The number of pyridine rings is 5. The third kappa shape index (κ3) is 40.4. The van der Waals surface area contributed by atoms with Gasteiger partial charge in [0.05, 0.1) is 51.5 Å². The van der Waals surface area contributed by atoms with Crippen LogP contribution in [0.4, 0.5) is 17.2 Å². The van der Waals surface area contributed by atoms with Crippen molar-refractivity contribution in [3.63, 3.8) is 0 Å². The van der Waals surface area contributed by atoms with Gasteiger partial charge < -0.3 is 80.3 Å². The molecular weight excluding hydrogens is 1950 g/mol. The predicted molar refractivity (Wildman–Crippen MR) is 490 cm³/mol. The Kier molecular flexibility index (Phi) is 50.5. The van der Waals surface area contributed by atoms with E-state index < -0.39 is 27.2 Å². The molecule has 0 bridgehead atoms. The average Bonchev–Trinajstić information content (AvgIpc) is 1.65. The molecule has 11 N–H and O–H groups in total. The third-order valence-electron chi connectivity index (χ3n) is 20.6. The Bertz CT molecular complexity index is 5450. The van der Waals surface area contributed by atoms with Crippen LogP contribution in [-0.4, -0.2) is 185 Å². The number of hydrogen-bond acceptors (Lipinski definition) is 30. The average molecular weight is 2060 g/mol. The number of sulfonamides is 2. The number of nitrogens with one attached hydrogen (secondary N) is 3. The molecule has 704 valence electrons. The number of ketones is 2. The van der Waals surface area contributed by atoms with E-state index in [4.69, 9.17) is 135 Å². The Morgan fingerprint density at radius 2 is 0.962 bits per heavy atom. The second-order valence-electron chi connectivity index (χ2n) is 30.4. The number of rotatable bonds is 23. The number of aromatic nitrogens is 11. The van der Waals surface area contributed by atoms with Crippen molar-refractivity contribution < 1.29 is 198 Å². The van der Waals surface area contributed by atoms with Crippen LogP contribution in [0.3, 0.4) is 0 Å². The second-order valence-corrected chi connectivity index (χ2v) is 35.6. The largest absolute Gasteiger partial charge is 1.00 e. The van der Waals surface area contributed by atoms with E-state index in [1.54, 1.807) is 85.6 Å². The quantitative estimate of drug-likeness (QED) is 0.00571. The molecule has 3 aliphatic carbocycles. The number of ether oxygens (including phenoxy) is 9. The molecule has 2 aromatic carbocycles. The molecule has 5 saturated heterocycles. The Morgan fingerprint density at radius 1 is 0.561 bits per heavy atom. The predicted octanol–water partition coefficient (Wildman–Crippen LogP) is 8.03. The first kappa shape index (κ1) is 113. The summed E-state index contributed by atoms with van der Waals surface area (Å²) in [5, 5.41) is 56.9. The summed E-state index contributed by atoms with van der Waals surface area (Å²) in [6, 6.07) is 29.5. The number of primary sulfonamides is 2. The van der Waals surface area contributed by atoms with Gasteiger partial charge in [-0.05, 0) is 169 Å². The number of carbonyl (C=O) groups is 3. The van der Waals surface area contributed by atoms with Crippen LogP contribution in [0.1, 0.15) is 159 Å². The molecule has 8 aliphatic rings. The fraction of sp³-hybridized carbons (Fsp3) is 0.430. The molecule has 10 aromatic rings. The number of nitrogens with zero attached hydrogens (tertiary/aromatic N) is 9. The van der Waals surface area contributed by atoms with Gasteiger partial charge in [-0.3, -0.25) is 33.6 Å². The van der Waals surface area contributed by atoms with Gasteiger partial charge in [-0.1, -0.05) is 82.6 Å². The van der Waals surface area contributed by atoms with Gasteiger partial charge in [-0.2, -0.15) is 15.3 Å². The second kappa shape index (κ2) is 59.1. The topological polar surface area (TPSA) is 514 Å². The summed E-state index contributed by atoms with van der Waals surface area (Å²) in [5.74, 6) is 7.64. The van der Waals surface area contributed by atoms with Gasteiger partial charge >= 0.3 is 110 Å². The zero-order valence-corrected chi connectivity index (χ0v) is 84.7. The van der Waals surface area contributed by atoms with Gasteiger partial charge in [0.2, 0.25) is 20.0 Å². The molecule has 0 radical (unpaired) electrons. The van der Waals surface area contributed by atoms with Crippen LogP contribution in [0.2, 0.25) is 26.4 Å². The molecule has 0 spiro atoms.